The summed E-state index contributed by atoms with van der Waals surface area (Å²) in [7, 11) is -3.18. The summed E-state index contributed by atoms with van der Waals surface area (Å²) in [6, 6.07) is 5.44. The molecule has 1 fully saturated rings. The number of halogens is 1. The molecular formula is C26H39ClNO4P. The number of carbonyl (C=O) groups is 1. The van der Waals surface area contributed by atoms with Gasteiger partial charge in [0.25, 0.3) is 0 Å². The van der Waals surface area contributed by atoms with Gasteiger partial charge in [-0.15, -0.1) is 0 Å². The summed E-state index contributed by atoms with van der Waals surface area (Å²) in [5.74, 6) is -0.735. The van der Waals surface area contributed by atoms with Gasteiger partial charge in [0.15, 0.2) is 0 Å². The highest BCUT2D eigenvalue weighted by atomic mass is 35.5. The molecule has 0 aliphatic carbocycles. The molecular weight excluding hydrogens is 457 g/mol. The minimum absolute atomic E-state index is 0.152. The summed E-state index contributed by atoms with van der Waals surface area (Å²) in [5.41, 5.74) is 2.46. The Kier molecular flexibility index (Phi) is 9.44. The number of rotatable bonds is 8. The van der Waals surface area contributed by atoms with Crippen LogP contribution in [0.5, 0.6) is 0 Å². The molecule has 1 aliphatic rings. The van der Waals surface area contributed by atoms with Crippen LogP contribution in [-0.2, 0) is 14.1 Å². The van der Waals surface area contributed by atoms with Gasteiger partial charge in [0.05, 0.1) is 11.3 Å². The normalized spacial score (nSPS) is 18.5. The maximum atomic E-state index is 14.9. The molecule has 0 amide bonds. The number of carboxylic acid groups (broad SMARTS) is 1. The van der Waals surface area contributed by atoms with Crippen molar-refractivity contribution in [1.29, 1.82) is 0 Å². The van der Waals surface area contributed by atoms with E-state index in [1.54, 1.807) is 13.0 Å². The van der Waals surface area contributed by atoms with Crippen LogP contribution < -0.4 is 5.30 Å². The zero-order chi connectivity index (χ0) is 25.0. The molecule has 0 spiro atoms. The van der Waals surface area contributed by atoms with Crippen molar-refractivity contribution in [2.45, 2.75) is 61.3 Å². The summed E-state index contributed by atoms with van der Waals surface area (Å²) in [6.07, 6.45) is 4.04. The van der Waals surface area contributed by atoms with Crippen molar-refractivity contribution in [2.24, 2.45) is 11.3 Å². The Hall–Kier alpha value is -1.55. The number of ether oxygens (including phenoxy) is 1. The molecule has 1 saturated heterocycles. The average Bonchev–Trinajstić information content (AvgIpc) is 2.75. The Balaban J connectivity index is 2.79. The number of allylic oxidation sites excluding steroid dienone is 2. The molecule has 0 aromatic heterocycles. The van der Waals surface area contributed by atoms with Crippen molar-refractivity contribution in [2.75, 3.05) is 25.9 Å². The summed E-state index contributed by atoms with van der Waals surface area (Å²) in [6.45, 7) is 15.6. The van der Waals surface area contributed by atoms with Gasteiger partial charge in [0, 0.05) is 36.2 Å². The first-order valence-corrected chi connectivity index (χ1v) is 13.9. The maximum Gasteiger partial charge on any atom is 0.333 e. The van der Waals surface area contributed by atoms with Gasteiger partial charge in [-0.3, -0.25) is 4.57 Å². The molecule has 1 N–H and O–H groups in total. The molecule has 5 nitrogen and oxygen atoms in total. The van der Waals surface area contributed by atoms with E-state index in [-0.39, 0.29) is 16.9 Å². The third kappa shape index (κ3) is 6.74. The molecule has 1 aliphatic heterocycles. The van der Waals surface area contributed by atoms with Gasteiger partial charge in [0.1, 0.15) is 0 Å². The SMILES string of the molecule is CCP(=O)(c1ccc(Cl)cc1C)N(CC1CCOCC1)C(/C=C(\C)C(C)(C)C)=C(/C)C(=O)O. The van der Waals surface area contributed by atoms with Gasteiger partial charge in [-0.2, -0.15) is 0 Å². The third-order valence-corrected chi connectivity index (χ3v) is 10.2. The van der Waals surface area contributed by atoms with Gasteiger partial charge in [-0.05, 0) is 74.8 Å². The maximum absolute atomic E-state index is 14.9. The number of benzene rings is 1. The number of aliphatic carboxylic acids is 1. The number of aryl methyl sites for hydroxylation is 1. The fourth-order valence-corrected chi connectivity index (χ4v) is 7.11. The summed E-state index contributed by atoms with van der Waals surface area (Å²) in [4.78, 5) is 12.2. The molecule has 0 radical (unpaired) electrons. The Morgan fingerprint density at radius 3 is 2.36 bits per heavy atom. The second-order valence-corrected chi connectivity index (χ2v) is 13.4. The van der Waals surface area contributed by atoms with Crippen molar-refractivity contribution in [3.63, 3.8) is 0 Å². The Morgan fingerprint density at radius 1 is 1.27 bits per heavy atom. The molecule has 1 unspecified atom stereocenters. The van der Waals surface area contributed by atoms with E-state index < -0.39 is 13.3 Å². The number of nitrogens with zero attached hydrogens (tertiary/aromatic N) is 1. The van der Waals surface area contributed by atoms with E-state index in [2.05, 4.69) is 20.8 Å². The molecule has 0 bridgehead atoms. The Labute approximate surface area is 204 Å². The molecule has 184 valence electrons. The lowest BCUT2D eigenvalue weighted by Gasteiger charge is -2.39. The molecule has 1 heterocycles. The topological polar surface area (TPSA) is 66.8 Å². The van der Waals surface area contributed by atoms with Gasteiger partial charge >= 0.3 is 5.97 Å². The van der Waals surface area contributed by atoms with E-state index in [1.165, 1.54) is 0 Å². The van der Waals surface area contributed by atoms with Crippen LogP contribution in [0.2, 0.25) is 5.02 Å². The quantitative estimate of drug-likeness (QED) is 0.248. The van der Waals surface area contributed by atoms with Crippen molar-refractivity contribution in [3.8, 4) is 0 Å². The largest absolute Gasteiger partial charge is 0.478 e. The lowest BCUT2D eigenvalue weighted by Crippen LogP contribution is -2.35. The predicted molar refractivity (Wildman–Crippen MR) is 138 cm³/mol. The van der Waals surface area contributed by atoms with Crippen LogP contribution >= 0.6 is 18.9 Å². The molecule has 33 heavy (non-hydrogen) atoms. The number of hydrogen-bond donors (Lipinski definition) is 1. The monoisotopic (exact) mass is 495 g/mol. The predicted octanol–water partition coefficient (Wildman–Crippen LogP) is 6.65. The van der Waals surface area contributed by atoms with Gasteiger partial charge in [0.2, 0.25) is 7.29 Å². The first kappa shape index (κ1) is 27.7. The second-order valence-electron chi connectivity index (χ2n) is 9.98. The van der Waals surface area contributed by atoms with E-state index in [0.717, 1.165) is 29.3 Å². The second kappa shape index (κ2) is 11.3. The van der Waals surface area contributed by atoms with Crippen LogP contribution in [0.1, 0.15) is 59.9 Å². The van der Waals surface area contributed by atoms with Crippen molar-refractivity contribution < 1.29 is 19.2 Å². The van der Waals surface area contributed by atoms with Gasteiger partial charge in [-0.25, -0.2) is 4.79 Å². The fourth-order valence-electron chi connectivity index (χ4n) is 3.97. The van der Waals surface area contributed by atoms with Gasteiger partial charge < -0.3 is 14.5 Å². The van der Waals surface area contributed by atoms with Crippen LogP contribution in [0, 0.1) is 18.3 Å². The Morgan fingerprint density at radius 2 is 1.88 bits per heavy atom. The van der Waals surface area contributed by atoms with Crippen LogP contribution in [0.3, 0.4) is 0 Å². The van der Waals surface area contributed by atoms with Crippen LogP contribution in [0.25, 0.3) is 0 Å². The molecule has 0 saturated carbocycles. The highest BCUT2D eigenvalue weighted by Crippen LogP contribution is 2.53. The van der Waals surface area contributed by atoms with Crippen molar-refractivity contribution >= 4 is 30.2 Å². The minimum Gasteiger partial charge on any atom is -0.478 e. The van der Waals surface area contributed by atoms with Gasteiger partial charge in [-0.1, -0.05) is 44.9 Å². The van der Waals surface area contributed by atoms with Crippen LogP contribution in [0.15, 0.2) is 41.1 Å². The van der Waals surface area contributed by atoms with E-state index >= 15 is 0 Å². The molecule has 2 rings (SSSR count). The molecule has 7 heteroatoms. The number of carboxylic acids is 1. The van der Waals surface area contributed by atoms with Crippen molar-refractivity contribution in [3.05, 3.63) is 51.7 Å². The molecule has 1 aromatic rings. The van der Waals surface area contributed by atoms with E-state index in [4.69, 9.17) is 16.3 Å². The smallest absolute Gasteiger partial charge is 0.333 e. The summed E-state index contributed by atoms with van der Waals surface area (Å²) < 4.78 is 22.3. The Bertz CT molecular complexity index is 971. The van der Waals surface area contributed by atoms with Crippen molar-refractivity contribution in [1.82, 2.24) is 4.67 Å². The lowest BCUT2D eigenvalue weighted by molar-refractivity contribution is -0.132. The first-order chi connectivity index (χ1) is 15.3. The highest BCUT2D eigenvalue weighted by Gasteiger charge is 2.36. The average molecular weight is 496 g/mol. The minimum atomic E-state index is -3.18. The van der Waals surface area contributed by atoms with Crippen LogP contribution in [0.4, 0.5) is 0 Å². The van der Waals surface area contributed by atoms with E-state index in [1.807, 2.05) is 43.7 Å². The lowest BCUT2D eigenvalue weighted by atomic mass is 9.86. The summed E-state index contributed by atoms with van der Waals surface area (Å²) in [5, 5.41) is 11.3. The fraction of sp³-hybridized carbons (Fsp3) is 0.577. The third-order valence-electron chi connectivity index (χ3n) is 6.65. The zero-order valence-corrected chi connectivity index (χ0v) is 22.7. The summed E-state index contributed by atoms with van der Waals surface area (Å²) >= 11 is 6.21. The van der Waals surface area contributed by atoms with Crippen LogP contribution in [-0.4, -0.2) is 41.7 Å². The highest BCUT2D eigenvalue weighted by molar-refractivity contribution is 7.69. The number of hydrogen-bond acceptors (Lipinski definition) is 3. The standard InChI is InChI=1S/C26H39ClNO4P/c1-8-33(31,24-10-9-22(27)15-18(24)2)28(17-21-11-13-32-14-12-21)23(20(4)25(29)30)16-19(3)26(5,6)7/h9-10,15-16,21H,8,11-14,17H2,1-7H3,(H,29,30)/b19-16+,23-20-. The zero-order valence-electron chi connectivity index (χ0n) is 21.1. The molecule has 1 atom stereocenters. The van der Waals surface area contributed by atoms with E-state index in [0.29, 0.717) is 36.6 Å². The first-order valence-electron chi connectivity index (χ1n) is 11.7. The van der Waals surface area contributed by atoms with E-state index in [9.17, 15) is 14.5 Å². The molecule has 1 aromatic carbocycles.